The molecule has 2 nitrogen and oxygen atoms in total. The topological polar surface area (TPSA) is 38.0 Å². The number of hydrogen-bond acceptors (Lipinski definition) is 2. The molecule has 92 valence electrons. The van der Waals surface area contributed by atoms with Crippen molar-refractivity contribution in [2.24, 2.45) is 5.73 Å². The van der Waals surface area contributed by atoms with Crippen LogP contribution in [0.25, 0.3) is 0 Å². The molecule has 0 aromatic heterocycles. The second-order valence-electron chi connectivity index (χ2n) is 4.38. The van der Waals surface area contributed by atoms with Gasteiger partial charge in [0.1, 0.15) is 4.99 Å². The predicted molar refractivity (Wildman–Crippen MR) is 81.5 cm³/mol. The van der Waals surface area contributed by atoms with E-state index in [9.17, 15) is 0 Å². The molecule has 2 aromatic carbocycles. The molecule has 0 amide bonds. The Morgan fingerprint density at radius 1 is 1.00 bits per heavy atom. The molecular formula is C15H16N2S. The van der Waals surface area contributed by atoms with Gasteiger partial charge in [0.25, 0.3) is 0 Å². The fourth-order valence-corrected chi connectivity index (χ4v) is 2.05. The fraction of sp³-hybridized carbons (Fsp3) is 0.133. The molecule has 0 aliphatic carbocycles. The number of anilines is 2. The average Bonchev–Trinajstić information content (AvgIpc) is 2.32. The highest BCUT2D eigenvalue weighted by Gasteiger charge is 2.02. The summed E-state index contributed by atoms with van der Waals surface area (Å²) in [7, 11) is 0. The van der Waals surface area contributed by atoms with Gasteiger partial charge in [0.2, 0.25) is 0 Å². The van der Waals surface area contributed by atoms with Crippen molar-refractivity contribution < 1.29 is 0 Å². The zero-order valence-corrected chi connectivity index (χ0v) is 11.3. The molecule has 0 aliphatic heterocycles. The Hall–Kier alpha value is -1.87. The summed E-state index contributed by atoms with van der Waals surface area (Å²) < 4.78 is 0. The summed E-state index contributed by atoms with van der Waals surface area (Å²) in [6.45, 7) is 4.08. The van der Waals surface area contributed by atoms with Gasteiger partial charge in [-0.25, -0.2) is 0 Å². The highest BCUT2D eigenvalue weighted by molar-refractivity contribution is 7.80. The monoisotopic (exact) mass is 256 g/mol. The number of nitrogens with two attached hydrogens (primary N) is 1. The number of nitrogens with one attached hydrogen (secondary N) is 1. The van der Waals surface area contributed by atoms with Crippen molar-refractivity contribution >= 4 is 28.6 Å². The molecule has 0 spiro atoms. The van der Waals surface area contributed by atoms with E-state index in [0.717, 1.165) is 22.5 Å². The highest BCUT2D eigenvalue weighted by atomic mass is 32.1. The van der Waals surface area contributed by atoms with E-state index in [4.69, 9.17) is 18.0 Å². The van der Waals surface area contributed by atoms with Crippen LogP contribution in [-0.2, 0) is 0 Å². The van der Waals surface area contributed by atoms with E-state index in [1.807, 2.05) is 25.1 Å². The van der Waals surface area contributed by atoms with Crippen LogP contribution in [0.2, 0.25) is 0 Å². The zero-order valence-electron chi connectivity index (χ0n) is 10.5. The van der Waals surface area contributed by atoms with Crippen LogP contribution in [-0.4, -0.2) is 4.99 Å². The van der Waals surface area contributed by atoms with Crippen LogP contribution in [0, 0.1) is 13.8 Å². The van der Waals surface area contributed by atoms with Crippen LogP contribution >= 0.6 is 12.2 Å². The maximum absolute atomic E-state index is 5.64. The first-order valence-electron chi connectivity index (χ1n) is 5.80. The smallest absolute Gasteiger partial charge is 0.104 e. The summed E-state index contributed by atoms with van der Waals surface area (Å²) in [6.07, 6.45) is 0. The van der Waals surface area contributed by atoms with Gasteiger partial charge in [-0.2, -0.15) is 0 Å². The van der Waals surface area contributed by atoms with Crippen LogP contribution < -0.4 is 11.1 Å². The van der Waals surface area contributed by atoms with Gasteiger partial charge in [-0.05, 0) is 49.7 Å². The SMILES string of the molecule is Cc1ccc(Nc2ccc(C(N)=S)c(C)c2)cc1. The minimum Gasteiger partial charge on any atom is -0.389 e. The fourth-order valence-electron chi connectivity index (χ4n) is 1.82. The molecule has 2 rings (SSSR count). The first kappa shape index (κ1) is 12.6. The van der Waals surface area contributed by atoms with E-state index in [-0.39, 0.29) is 0 Å². The molecule has 0 aliphatic rings. The third kappa shape index (κ3) is 2.87. The molecule has 0 saturated carbocycles. The van der Waals surface area contributed by atoms with Crippen LogP contribution in [0.3, 0.4) is 0 Å². The largest absolute Gasteiger partial charge is 0.389 e. The first-order valence-corrected chi connectivity index (χ1v) is 6.21. The van der Waals surface area contributed by atoms with E-state index in [1.54, 1.807) is 0 Å². The molecule has 18 heavy (non-hydrogen) atoms. The van der Waals surface area contributed by atoms with Gasteiger partial charge in [-0.3, -0.25) is 0 Å². The molecule has 0 saturated heterocycles. The molecule has 0 unspecified atom stereocenters. The van der Waals surface area contributed by atoms with Crippen molar-refractivity contribution in [3.63, 3.8) is 0 Å². The number of benzene rings is 2. The second-order valence-corrected chi connectivity index (χ2v) is 4.82. The Kier molecular flexibility index (Phi) is 3.63. The maximum Gasteiger partial charge on any atom is 0.104 e. The number of rotatable bonds is 3. The summed E-state index contributed by atoms with van der Waals surface area (Å²) >= 11 is 4.99. The summed E-state index contributed by atoms with van der Waals surface area (Å²) in [5.74, 6) is 0. The van der Waals surface area contributed by atoms with Gasteiger partial charge < -0.3 is 11.1 Å². The molecule has 0 radical (unpaired) electrons. The maximum atomic E-state index is 5.64. The Labute approximate surface area is 113 Å². The summed E-state index contributed by atoms with van der Waals surface area (Å²) in [5.41, 5.74) is 11.0. The van der Waals surface area contributed by atoms with Crippen molar-refractivity contribution in [1.29, 1.82) is 0 Å². The lowest BCUT2D eigenvalue weighted by molar-refractivity contribution is 1.41. The Morgan fingerprint density at radius 2 is 1.61 bits per heavy atom. The van der Waals surface area contributed by atoms with Crippen molar-refractivity contribution in [3.05, 3.63) is 59.2 Å². The third-order valence-corrected chi connectivity index (χ3v) is 3.05. The number of thiocarbonyl (C=S) groups is 1. The van der Waals surface area contributed by atoms with Crippen LogP contribution in [0.1, 0.15) is 16.7 Å². The summed E-state index contributed by atoms with van der Waals surface area (Å²) in [4.78, 5) is 0.439. The molecular weight excluding hydrogens is 240 g/mol. The Morgan fingerprint density at radius 3 is 2.17 bits per heavy atom. The van der Waals surface area contributed by atoms with E-state index >= 15 is 0 Å². The summed E-state index contributed by atoms with van der Waals surface area (Å²) in [6, 6.07) is 14.3. The molecule has 0 atom stereocenters. The zero-order chi connectivity index (χ0) is 13.1. The van der Waals surface area contributed by atoms with Gasteiger partial charge in [0, 0.05) is 16.9 Å². The van der Waals surface area contributed by atoms with E-state index in [0.29, 0.717) is 4.99 Å². The van der Waals surface area contributed by atoms with E-state index in [1.165, 1.54) is 5.56 Å². The molecule has 0 fully saturated rings. The predicted octanol–water partition coefficient (Wildman–Crippen LogP) is 3.68. The Balaban J connectivity index is 2.22. The van der Waals surface area contributed by atoms with Crippen molar-refractivity contribution in [1.82, 2.24) is 0 Å². The second kappa shape index (κ2) is 5.19. The standard InChI is InChI=1S/C15H16N2S/c1-10-3-5-12(6-4-10)17-13-7-8-14(15(16)18)11(2)9-13/h3-9,17H,1-2H3,(H2,16,18). The van der Waals surface area contributed by atoms with Gasteiger partial charge in [0.15, 0.2) is 0 Å². The Bertz CT molecular complexity index is 574. The lowest BCUT2D eigenvalue weighted by Gasteiger charge is -2.10. The lowest BCUT2D eigenvalue weighted by atomic mass is 10.1. The normalized spacial score (nSPS) is 10.1. The minimum atomic E-state index is 0.439. The first-order chi connectivity index (χ1) is 8.56. The molecule has 3 N–H and O–H groups in total. The van der Waals surface area contributed by atoms with Crippen LogP contribution in [0.5, 0.6) is 0 Å². The van der Waals surface area contributed by atoms with Crippen molar-refractivity contribution in [2.75, 3.05) is 5.32 Å². The minimum absolute atomic E-state index is 0.439. The van der Waals surface area contributed by atoms with Crippen LogP contribution in [0.15, 0.2) is 42.5 Å². The summed E-state index contributed by atoms with van der Waals surface area (Å²) in [5, 5.41) is 3.35. The van der Waals surface area contributed by atoms with Crippen LogP contribution in [0.4, 0.5) is 11.4 Å². The van der Waals surface area contributed by atoms with Gasteiger partial charge in [-0.1, -0.05) is 29.9 Å². The van der Waals surface area contributed by atoms with Gasteiger partial charge in [0.05, 0.1) is 0 Å². The van der Waals surface area contributed by atoms with E-state index < -0.39 is 0 Å². The molecule has 0 bridgehead atoms. The number of aryl methyl sites for hydroxylation is 2. The quantitative estimate of drug-likeness (QED) is 0.823. The molecule has 2 aromatic rings. The van der Waals surface area contributed by atoms with Gasteiger partial charge >= 0.3 is 0 Å². The van der Waals surface area contributed by atoms with E-state index in [2.05, 4.69) is 36.5 Å². The number of hydrogen-bond donors (Lipinski definition) is 2. The van der Waals surface area contributed by atoms with Gasteiger partial charge in [-0.15, -0.1) is 0 Å². The third-order valence-electron chi connectivity index (χ3n) is 2.83. The molecule has 0 heterocycles. The highest BCUT2D eigenvalue weighted by Crippen LogP contribution is 2.20. The average molecular weight is 256 g/mol. The van der Waals surface area contributed by atoms with Crippen molar-refractivity contribution in [3.8, 4) is 0 Å². The molecule has 3 heteroatoms. The lowest BCUT2D eigenvalue weighted by Crippen LogP contribution is -2.11. The van der Waals surface area contributed by atoms with Crippen molar-refractivity contribution in [2.45, 2.75) is 13.8 Å².